The Hall–Kier alpha value is -1.65. The molecule has 0 fully saturated rings. The number of nitrogens with zero attached hydrogens (tertiary/aromatic N) is 3. The van der Waals surface area contributed by atoms with Crippen LogP contribution in [0.2, 0.25) is 0 Å². The van der Waals surface area contributed by atoms with Gasteiger partial charge in [0.2, 0.25) is 0 Å². The van der Waals surface area contributed by atoms with Crippen LogP contribution in [-0.4, -0.2) is 42.0 Å². The van der Waals surface area contributed by atoms with Crippen molar-refractivity contribution >= 4 is 0 Å². The van der Waals surface area contributed by atoms with Crippen molar-refractivity contribution in [1.82, 2.24) is 14.7 Å². The van der Waals surface area contributed by atoms with E-state index in [0.29, 0.717) is 0 Å². The van der Waals surface area contributed by atoms with Crippen LogP contribution in [-0.2, 0) is 11.3 Å². The highest BCUT2D eigenvalue weighted by atomic mass is 16.5. The molecule has 0 aliphatic heterocycles. The summed E-state index contributed by atoms with van der Waals surface area (Å²) in [4.78, 5) is 2.20. The second kappa shape index (κ2) is 6.33. The molecule has 0 aliphatic carbocycles. The summed E-state index contributed by atoms with van der Waals surface area (Å²) in [7, 11) is 3.79. The van der Waals surface area contributed by atoms with E-state index in [2.05, 4.69) is 23.1 Å². The van der Waals surface area contributed by atoms with Crippen molar-refractivity contribution in [2.75, 3.05) is 27.3 Å². The first-order valence-corrected chi connectivity index (χ1v) is 6.07. The molecule has 0 spiro atoms. The molecule has 18 heavy (non-hydrogen) atoms. The van der Waals surface area contributed by atoms with Crippen molar-refractivity contribution in [3.63, 3.8) is 0 Å². The third-order valence-electron chi connectivity index (χ3n) is 2.77. The van der Waals surface area contributed by atoms with E-state index in [0.717, 1.165) is 31.1 Å². The third-order valence-corrected chi connectivity index (χ3v) is 2.77. The molecule has 0 saturated carbocycles. The van der Waals surface area contributed by atoms with Crippen molar-refractivity contribution < 1.29 is 4.74 Å². The number of likely N-dealkylation sites (N-methyl/N-ethyl adjacent to an activating group) is 1. The second-order valence-corrected chi connectivity index (χ2v) is 4.32. The van der Waals surface area contributed by atoms with Crippen LogP contribution in [0.3, 0.4) is 0 Å². The number of aromatic nitrogens is 2. The summed E-state index contributed by atoms with van der Waals surface area (Å²) in [5, 5.41) is 4.56. The van der Waals surface area contributed by atoms with Crippen LogP contribution < -0.4 is 0 Å². The molecule has 1 heterocycles. The van der Waals surface area contributed by atoms with Gasteiger partial charge in [-0.25, -0.2) is 4.68 Å². The van der Waals surface area contributed by atoms with Gasteiger partial charge in [0.25, 0.3) is 0 Å². The zero-order chi connectivity index (χ0) is 12.8. The Morgan fingerprint density at radius 1 is 1.22 bits per heavy atom. The molecule has 0 amide bonds. The van der Waals surface area contributed by atoms with Crippen LogP contribution in [0.25, 0.3) is 5.69 Å². The minimum atomic E-state index is 0.746. The van der Waals surface area contributed by atoms with E-state index >= 15 is 0 Å². The summed E-state index contributed by atoms with van der Waals surface area (Å²) >= 11 is 0. The lowest BCUT2D eigenvalue weighted by Crippen LogP contribution is -2.22. The van der Waals surface area contributed by atoms with Crippen molar-refractivity contribution in [2.24, 2.45) is 0 Å². The number of methoxy groups -OCH3 is 1. The maximum Gasteiger partial charge on any atom is 0.0769 e. The largest absolute Gasteiger partial charge is 0.383 e. The molecule has 4 heteroatoms. The van der Waals surface area contributed by atoms with Gasteiger partial charge in [-0.05, 0) is 25.2 Å². The molecular formula is C14H19N3O. The summed E-state index contributed by atoms with van der Waals surface area (Å²) in [5.41, 5.74) is 2.15. The smallest absolute Gasteiger partial charge is 0.0769 e. The molecule has 1 aromatic carbocycles. The number of hydrogen-bond donors (Lipinski definition) is 0. The molecule has 0 radical (unpaired) electrons. The van der Waals surface area contributed by atoms with Gasteiger partial charge in [-0.3, -0.25) is 4.90 Å². The van der Waals surface area contributed by atoms with Gasteiger partial charge in [0.05, 0.1) is 18.0 Å². The summed E-state index contributed by atoms with van der Waals surface area (Å²) < 4.78 is 6.96. The van der Waals surface area contributed by atoms with Crippen LogP contribution in [0.5, 0.6) is 0 Å². The van der Waals surface area contributed by atoms with Crippen LogP contribution in [0.4, 0.5) is 0 Å². The fourth-order valence-electron chi connectivity index (χ4n) is 1.77. The van der Waals surface area contributed by atoms with Gasteiger partial charge in [0.1, 0.15) is 0 Å². The summed E-state index contributed by atoms with van der Waals surface area (Å²) in [6.07, 6.45) is 1.99. The highest BCUT2D eigenvalue weighted by molar-refractivity contribution is 5.30. The van der Waals surface area contributed by atoms with Gasteiger partial charge in [-0.2, -0.15) is 5.10 Å². The molecule has 2 aromatic rings. The number of rotatable bonds is 6. The first kappa shape index (κ1) is 12.8. The molecule has 2 rings (SSSR count). The first-order valence-electron chi connectivity index (χ1n) is 6.07. The Morgan fingerprint density at radius 3 is 2.72 bits per heavy atom. The van der Waals surface area contributed by atoms with E-state index in [9.17, 15) is 0 Å². The van der Waals surface area contributed by atoms with E-state index < -0.39 is 0 Å². The summed E-state index contributed by atoms with van der Waals surface area (Å²) in [6, 6.07) is 12.2. The van der Waals surface area contributed by atoms with Gasteiger partial charge in [0, 0.05) is 26.4 Å². The summed E-state index contributed by atoms with van der Waals surface area (Å²) in [6.45, 7) is 2.49. The Balaban J connectivity index is 1.98. The summed E-state index contributed by atoms with van der Waals surface area (Å²) in [5.74, 6) is 0. The SMILES string of the molecule is COCCN(C)Cc1ccn(-c2ccccc2)n1. The van der Waals surface area contributed by atoms with Gasteiger partial charge in [0.15, 0.2) is 0 Å². The quantitative estimate of drug-likeness (QED) is 0.779. The molecule has 1 aromatic heterocycles. The van der Waals surface area contributed by atoms with E-state index in [1.807, 2.05) is 41.2 Å². The first-order chi connectivity index (χ1) is 8.79. The molecule has 96 valence electrons. The molecule has 4 nitrogen and oxygen atoms in total. The number of para-hydroxylation sites is 1. The predicted octanol–water partition coefficient (Wildman–Crippen LogP) is 1.95. The Labute approximate surface area is 108 Å². The highest BCUT2D eigenvalue weighted by Gasteiger charge is 2.04. The maximum absolute atomic E-state index is 5.06. The maximum atomic E-state index is 5.06. The van der Waals surface area contributed by atoms with Crippen molar-refractivity contribution in [3.8, 4) is 5.69 Å². The normalized spacial score (nSPS) is 11.1. The standard InChI is InChI=1S/C14H19N3O/c1-16(10-11-18-2)12-13-8-9-17(15-13)14-6-4-3-5-7-14/h3-9H,10-12H2,1-2H3. The fourth-order valence-corrected chi connectivity index (χ4v) is 1.77. The average Bonchev–Trinajstić information content (AvgIpc) is 2.86. The zero-order valence-corrected chi connectivity index (χ0v) is 10.9. The minimum absolute atomic E-state index is 0.746. The van der Waals surface area contributed by atoms with E-state index in [-0.39, 0.29) is 0 Å². The molecule has 0 N–H and O–H groups in total. The molecule has 0 bridgehead atoms. The molecule has 0 atom stereocenters. The molecule has 0 aliphatic rings. The molecule has 0 saturated heterocycles. The van der Waals surface area contributed by atoms with Crippen molar-refractivity contribution in [2.45, 2.75) is 6.54 Å². The van der Waals surface area contributed by atoms with Crippen molar-refractivity contribution in [3.05, 3.63) is 48.3 Å². The lowest BCUT2D eigenvalue weighted by molar-refractivity contribution is 0.158. The van der Waals surface area contributed by atoms with Crippen LogP contribution in [0.15, 0.2) is 42.6 Å². The fraction of sp³-hybridized carbons (Fsp3) is 0.357. The third kappa shape index (κ3) is 3.42. The zero-order valence-electron chi connectivity index (χ0n) is 10.9. The van der Waals surface area contributed by atoms with Gasteiger partial charge in [-0.1, -0.05) is 18.2 Å². The van der Waals surface area contributed by atoms with Gasteiger partial charge < -0.3 is 4.74 Å². The minimum Gasteiger partial charge on any atom is -0.383 e. The lowest BCUT2D eigenvalue weighted by atomic mass is 10.3. The van der Waals surface area contributed by atoms with Crippen LogP contribution in [0.1, 0.15) is 5.69 Å². The number of hydrogen-bond acceptors (Lipinski definition) is 3. The van der Waals surface area contributed by atoms with Gasteiger partial charge >= 0.3 is 0 Å². The van der Waals surface area contributed by atoms with Crippen LogP contribution in [0, 0.1) is 0 Å². The monoisotopic (exact) mass is 245 g/mol. The van der Waals surface area contributed by atoms with Crippen molar-refractivity contribution in [1.29, 1.82) is 0 Å². The lowest BCUT2D eigenvalue weighted by Gasteiger charge is -2.13. The Bertz CT molecular complexity index is 467. The van der Waals surface area contributed by atoms with E-state index in [1.165, 1.54) is 0 Å². The van der Waals surface area contributed by atoms with E-state index in [1.54, 1.807) is 7.11 Å². The number of ether oxygens (including phenoxy) is 1. The Morgan fingerprint density at radius 2 is 2.00 bits per heavy atom. The highest BCUT2D eigenvalue weighted by Crippen LogP contribution is 2.07. The molecule has 0 unspecified atom stereocenters. The predicted molar refractivity (Wildman–Crippen MR) is 71.8 cm³/mol. The van der Waals surface area contributed by atoms with E-state index in [4.69, 9.17) is 4.74 Å². The van der Waals surface area contributed by atoms with Crippen LogP contribution >= 0.6 is 0 Å². The topological polar surface area (TPSA) is 30.3 Å². The Kier molecular flexibility index (Phi) is 4.50. The van der Waals surface area contributed by atoms with Gasteiger partial charge in [-0.15, -0.1) is 0 Å². The average molecular weight is 245 g/mol. The second-order valence-electron chi connectivity index (χ2n) is 4.32. The number of benzene rings is 1. The molecular weight excluding hydrogens is 226 g/mol.